The molecule has 140 valence electrons. The highest BCUT2D eigenvalue weighted by molar-refractivity contribution is 7.18. The van der Waals surface area contributed by atoms with E-state index in [-0.39, 0.29) is 17.8 Å². The van der Waals surface area contributed by atoms with Crippen LogP contribution in [-0.2, 0) is 19.4 Å². The van der Waals surface area contributed by atoms with Gasteiger partial charge in [0.1, 0.15) is 4.83 Å². The molecule has 0 bridgehead atoms. The standard InChI is InChI=1S/C19H19N3O4S/c23-15(12-5-4-6-13(9-12)22(25)26)10-21-11-20-18-17(19(21)24)14-7-2-1-3-8-16(14)27-18/h4-6,9,11,15,23H,1-3,7-8,10H2/t15-/m1/s1. The van der Waals surface area contributed by atoms with E-state index in [0.29, 0.717) is 10.9 Å². The van der Waals surface area contributed by atoms with Crippen LogP contribution in [0.1, 0.15) is 41.4 Å². The van der Waals surface area contributed by atoms with Crippen LogP contribution in [0.5, 0.6) is 0 Å². The minimum absolute atomic E-state index is 0.00750. The highest BCUT2D eigenvalue weighted by Crippen LogP contribution is 2.32. The van der Waals surface area contributed by atoms with Gasteiger partial charge >= 0.3 is 0 Å². The Bertz CT molecular complexity index is 1070. The van der Waals surface area contributed by atoms with Crippen molar-refractivity contribution in [3.8, 4) is 0 Å². The summed E-state index contributed by atoms with van der Waals surface area (Å²) in [7, 11) is 0. The predicted octanol–water partition coefficient (Wildman–Crippen LogP) is 3.37. The molecule has 1 atom stereocenters. The van der Waals surface area contributed by atoms with Crippen LogP contribution in [0.25, 0.3) is 10.2 Å². The molecule has 0 radical (unpaired) electrons. The molecular weight excluding hydrogens is 366 g/mol. The Kier molecular flexibility index (Phi) is 4.75. The summed E-state index contributed by atoms with van der Waals surface area (Å²) >= 11 is 1.59. The molecule has 0 unspecified atom stereocenters. The second kappa shape index (κ2) is 7.21. The molecule has 0 spiro atoms. The summed E-state index contributed by atoms with van der Waals surface area (Å²) in [5.41, 5.74) is 1.28. The summed E-state index contributed by atoms with van der Waals surface area (Å²) in [5.74, 6) is 0. The van der Waals surface area contributed by atoms with Crippen LogP contribution in [0.4, 0.5) is 5.69 Å². The highest BCUT2D eigenvalue weighted by atomic mass is 32.1. The van der Waals surface area contributed by atoms with Gasteiger partial charge in [-0.15, -0.1) is 11.3 Å². The van der Waals surface area contributed by atoms with Crippen LogP contribution in [0, 0.1) is 10.1 Å². The first-order valence-corrected chi connectivity index (χ1v) is 9.78. The first-order chi connectivity index (χ1) is 13.0. The molecule has 1 aliphatic carbocycles. The molecule has 0 amide bonds. The SMILES string of the molecule is O=c1c2c3c(sc2ncn1C[C@@H](O)c1cccc([N+](=O)[O-])c1)CCCCC3. The predicted molar refractivity (Wildman–Crippen MR) is 103 cm³/mol. The third-order valence-electron chi connectivity index (χ3n) is 5.03. The molecule has 1 aromatic carbocycles. The summed E-state index contributed by atoms with van der Waals surface area (Å²) in [6.45, 7) is 0.00750. The number of benzene rings is 1. The van der Waals surface area contributed by atoms with Gasteiger partial charge in [0.2, 0.25) is 0 Å². The van der Waals surface area contributed by atoms with E-state index in [4.69, 9.17) is 0 Å². The summed E-state index contributed by atoms with van der Waals surface area (Å²) < 4.78 is 1.41. The van der Waals surface area contributed by atoms with Crippen molar-refractivity contribution in [1.29, 1.82) is 0 Å². The smallest absolute Gasteiger partial charge is 0.269 e. The first kappa shape index (κ1) is 17.8. The number of aliphatic hydroxyl groups excluding tert-OH is 1. The van der Waals surface area contributed by atoms with Crippen LogP contribution < -0.4 is 5.56 Å². The van der Waals surface area contributed by atoms with E-state index in [9.17, 15) is 20.0 Å². The number of thiophene rings is 1. The third-order valence-corrected chi connectivity index (χ3v) is 6.23. The number of hydrogen-bond donors (Lipinski definition) is 1. The van der Waals surface area contributed by atoms with Crippen LogP contribution in [0.15, 0.2) is 35.4 Å². The van der Waals surface area contributed by atoms with Gasteiger partial charge in [0.05, 0.1) is 29.3 Å². The second-order valence-corrected chi connectivity index (χ2v) is 7.90. The largest absolute Gasteiger partial charge is 0.387 e. The van der Waals surface area contributed by atoms with Crippen molar-refractivity contribution in [1.82, 2.24) is 9.55 Å². The van der Waals surface area contributed by atoms with E-state index >= 15 is 0 Å². The van der Waals surface area contributed by atoms with Gasteiger partial charge in [0.15, 0.2) is 0 Å². The van der Waals surface area contributed by atoms with Crippen molar-refractivity contribution in [2.45, 2.75) is 44.8 Å². The molecule has 7 nitrogen and oxygen atoms in total. The van der Waals surface area contributed by atoms with E-state index < -0.39 is 11.0 Å². The fourth-order valence-corrected chi connectivity index (χ4v) is 4.84. The fraction of sp³-hybridized carbons (Fsp3) is 0.368. The number of nitro benzene ring substituents is 1. The zero-order chi connectivity index (χ0) is 19.0. The van der Waals surface area contributed by atoms with Gasteiger partial charge < -0.3 is 5.11 Å². The summed E-state index contributed by atoms with van der Waals surface area (Å²) in [4.78, 5) is 29.9. The molecule has 2 aromatic heterocycles. The lowest BCUT2D eigenvalue weighted by atomic mass is 10.1. The van der Waals surface area contributed by atoms with Crippen molar-refractivity contribution < 1.29 is 10.0 Å². The number of rotatable bonds is 4. The van der Waals surface area contributed by atoms with Crippen molar-refractivity contribution in [2.75, 3.05) is 0 Å². The average molecular weight is 385 g/mol. The minimum Gasteiger partial charge on any atom is -0.387 e. The number of aliphatic hydroxyl groups is 1. The van der Waals surface area contributed by atoms with Gasteiger partial charge in [-0.25, -0.2) is 4.98 Å². The maximum atomic E-state index is 13.0. The maximum Gasteiger partial charge on any atom is 0.269 e. The van der Waals surface area contributed by atoms with Crippen LogP contribution >= 0.6 is 11.3 Å². The molecule has 27 heavy (non-hydrogen) atoms. The zero-order valence-corrected chi connectivity index (χ0v) is 15.4. The number of fused-ring (bicyclic) bond motifs is 3. The van der Waals surface area contributed by atoms with Gasteiger partial charge in [-0.05, 0) is 36.8 Å². The highest BCUT2D eigenvalue weighted by Gasteiger charge is 2.20. The van der Waals surface area contributed by atoms with Crippen LogP contribution in [0.2, 0.25) is 0 Å². The number of nitrogens with zero attached hydrogens (tertiary/aromatic N) is 3. The Morgan fingerprint density at radius 1 is 1.30 bits per heavy atom. The van der Waals surface area contributed by atoms with Crippen molar-refractivity contribution in [2.24, 2.45) is 0 Å². The lowest BCUT2D eigenvalue weighted by Gasteiger charge is -2.13. The van der Waals surface area contributed by atoms with Crippen molar-refractivity contribution in [3.05, 3.63) is 67.1 Å². The minimum atomic E-state index is -1.03. The molecule has 0 saturated carbocycles. The molecule has 3 aromatic rings. The summed E-state index contributed by atoms with van der Waals surface area (Å²) in [6.07, 6.45) is 5.70. The Labute approximate surface area is 159 Å². The molecule has 2 heterocycles. The third kappa shape index (κ3) is 3.38. The molecule has 0 saturated heterocycles. The molecule has 4 rings (SSSR count). The van der Waals surface area contributed by atoms with Gasteiger partial charge in [0.25, 0.3) is 11.2 Å². The van der Waals surface area contributed by atoms with Gasteiger partial charge in [-0.1, -0.05) is 18.6 Å². The Balaban J connectivity index is 1.69. The topological polar surface area (TPSA) is 98.3 Å². The van der Waals surface area contributed by atoms with Gasteiger partial charge in [-0.3, -0.25) is 19.5 Å². The second-order valence-electron chi connectivity index (χ2n) is 6.81. The molecule has 1 N–H and O–H groups in total. The van der Waals surface area contributed by atoms with E-state index in [0.717, 1.165) is 36.1 Å². The van der Waals surface area contributed by atoms with Crippen molar-refractivity contribution >= 4 is 27.2 Å². The average Bonchev–Trinajstić information content (AvgIpc) is 2.86. The molecule has 1 aliphatic rings. The van der Waals surface area contributed by atoms with Crippen LogP contribution in [-0.4, -0.2) is 19.6 Å². The first-order valence-electron chi connectivity index (χ1n) is 8.96. The fourth-order valence-electron chi connectivity index (χ4n) is 3.63. The summed E-state index contributed by atoms with van der Waals surface area (Å²) in [6, 6.07) is 5.85. The van der Waals surface area contributed by atoms with Gasteiger partial charge in [-0.2, -0.15) is 0 Å². The van der Waals surface area contributed by atoms with Crippen LogP contribution in [0.3, 0.4) is 0 Å². The Morgan fingerprint density at radius 3 is 2.93 bits per heavy atom. The quantitative estimate of drug-likeness (QED) is 0.422. The summed E-state index contributed by atoms with van der Waals surface area (Å²) in [5, 5.41) is 22.1. The number of aromatic nitrogens is 2. The number of aryl methyl sites for hydroxylation is 2. The number of non-ortho nitro benzene ring substituents is 1. The Hall–Kier alpha value is -2.58. The lowest BCUT2D eigenvalue weighted by Crippen LogP contribution is -2.24. The van der Waals surface area contributed by atoms with Crippen molar-refractivity contribution in [3.63, 3.8) is 0 Å². The number of hydrogen-bond acceptors (Lipinski definition) is 6. The van der Waals surface area contributed by atoms with E-state index in [2.05, 4.69) is 4.98 Å². The number of nitro groups is 1. The van der Waals surface area contributed by atoms with E-state index in [1.807, 2.05) is 0 Å². The maximum absolute atomic E-state index is 13.0. The molecule has 0 fully saturated rings. The molecule has 8 heteroatoms. The lowest BCUT2D eigenvalue weighted by molar-refractivity contribution is -0.385. The normalized spacial score (nSPS) is 15.3. The zero-order valence-electron chi connectivity index (χ0n) is 14.6. The monoisotopic (exact) mass is 385 g/mol. The molecular formula is C19H19N3O4S. The van der Waals surface area contributed by atoms with E-state index in [1.165, 1.54) is 40.4 Å². The Morgan fingerprint density at radius 2 is 2.11 bits per heavy atom. The van der Waals surface area contributed by atoms with Gasteiger partial charge in [0, 0.05) is 17.0 Å². The van der Waals surface area contributed by atoms with E-state index in [1.54, 1.807) is 17.4 Å². The molecule has 0 aliphatic heterocycles.